The first-order chi connectivity index (χ1) is 11.0. The van der Waals surface area contributed by atoms with Crippen molar-refractivity contribution in [3.05, 3.63) is 39.8 Å². The number of aromatic nitrogens is 1. The van der Waals surface area contributed by atoms with E-state index in [4.69, 9.17) is 0 Å². The van der Waals surface area contributed by atoms with Crippen LogP contribution in [0.2, 0.25) is 0 Å². The number of thiazole rings is 1. The SMILES string of the molecule is CNS(=O)(=O)c1ccc(C)c(NC(=O)c2cnc(C(C)(C)C)s2)c1. The summed E-state index contributed by atoms with van der Waals surface area (Å²) in [5.74, 6) is -0.301. The van der Waals surface area contributed by atoms with Gasteiger partial charge in [0.1, 0.15) is 4.88 Å². The Hall–Kier alpha value is -1.77. The van der Waals surface area contributed by atoms with Crippen LogP contribution in [-0.4, -0.2) is 26.4 Å². The normalized spacial score (nSPS) is 12.2. The second-order valence-electron chi connectivity index (χ2n) is 6.42. The highest BCUT2D eigenvalue weighted by Gasteiger charge is 2.21. The minimum Gasteiger partial charge on any atom is -0.321 e. The Balaban J connectivity index is 2.29. The molecule has 1 heterocycles. The van der Waals surface area contributed by atoms with Gasteiger partial charge in [-0.3, -0.25) is 4.79 Å². The maximum Gasteiger partial charge on any atom is 0.267 e. The number of carbonyl (C=O) groups is 1. The molecule has 1 aromatic heterocycles. The van der Waals surface area contributed by atoms with Crippen molar-refractivity contribution in [1.29, 1.82) is 0 Å². The molecular formula is C16H21N3O3S2. The second kappa shape index (κ2) is 6.62. The summed E-state index contributed by atoms with van der Waals surface area (Å²) in [6, 6.07) is 4.61. The molecule has 1 aromatic carbocycles. The molecule has 0 unspecified atom stereocenters. The zero-order chi connectivity index (χ0) is 18.1. The van der Waals surface area contributed by atoms with Crippen LogP contribution in [0.5, 0.6) is 0 Å². The van der Waals surface area contributed by atoms with Crippen molar-refractivity contribution in [3.8, 4) is 0 Å². The van der Waals surface area contributed by atoms with Crippen LogP contribution in [0.4, 0.5) is 5.69 Å². The van der Waals surface area contributed by atoms with E-state index >= 15 is 0 Å². The quantitative estimate of drug-likeness (QED) is 0.870. The van der Waals surface area contributed by atoms with Crippen molar-refractivity contribution in [3.63, 3.8) is 0 Å². The van der Waals surface area contributed by atoms with Crippen molar-refractivity contribution in [2.24, 2.45) is 0 Å². The summed E-state index contributed by atoms with van der Waals surface area (Å²) in [5, 5.41) is 3.64. The van der Waals surface area contributed by atoms with Gasteiger partial charge in [0.25, 0.3) is 5.91 Å². The molecule has 0 saturated carbocycles. The third kappa shape index (κ3) is 4.00. The van der Waals surface area contributed by atoms with Crippen molar-refractivity contribution in [1.82, 2.24) is 9.71 Å². The molecule has 2 rings (SSSR count). The molecule has 0 aliphatic rings. The predicted molar refractivity (Wildman–Crippen MR) is 96.2 cm³/mol. The number of carbonyl (C=O) groups excluding carboxylic acids is 1. The molecular weight excluding hydrogens is 346 g/mol. The van der Waals surface area contributed by atoms with Gasteiger partial charge in [0.05, 0.1) is 16.1 Å². The van der Waals surface area contributed by atoms with Crippen molar-refractivity contribution >= 4 is 33.0 Å². The highest BCUT2D eigenvalue weighted by Crippen LogP contribution is 2.28. The lowest BCUT2D eigenvalue weighted by Gasteiger charge is -2.13. The van der Waals surface area contributed by atoms with E-state index in [1.165, 1.54) is 30.5 Å². The van der Waals surface area contributed by atoms with Crippen LogP contribution >= 0.6 is 11.3 Å². The van der Waals surface area contributed by atoms with Gasteiger partial charge in [-0.15, -0.1) is 11.3 Å². The number of nitrogens with one attached hydrogen (secondary N) is 2. The van der Waals surface area contributed by atoms with Crippen LogP contribution in [0.15, 0.2) is 29.3 Å². The lowest BCUT2D eigenvalue weighted by atomic mass is 9.98. The topological polar surface area (TPSA) is 88.2 Å². The molecule has 0 radical (unpaired) electrons. The molecule has 0 aliphatic heterocycles. The summed E-state index contributed by atoms with van der Waals surface area (Å²) in [7, 11) is -2.22. The summed E-state index contributed by atoms with van der Waals surface area (Å²) in [5.41, 5.74) is 1.11. The van der Waals surface area contributed by atoms with Gasteiger partial charge in [-0.2, -0.15) is 0 Å². The summed E-state index contributed by atoms with van der Waals surface area (Å²) in [6.45, 7) is 7.90. The summed E-state index contributed by atoms with van der Waals surface area (Å²) < 4.78 is 26.1. The van der Waals surface area contributed by atoms with Crippen LogP contribution in [0.1, 0.15) is 41.0 Å². The molecule has 0 bridgehead atoms. The number of aryl methyl sites for hydroxylation is 1. The fourth-order valence-corrected chi connectivity index (χ4v) is 3.56. The zero-order valence-corrected chi connectivity index (χ0v) is 15.9. The van der Waals surface area contributed by atoms with E-state index in [1.54, 1.807) is 19.2 Å². The number of benzene rings is 1. The van der Waals surface area contributed by atoms with Crippen LogP contribution in [0, 0.1) is 6.92 Å². The van der Waals surface area contributed by atoms with E-state index in [9.17, 15) is 13.2 Å². The molecule has 2 N–H and O–H groups in total. The third-order valence-electron chi connectivity index (χ3n) is 3.41. The number of anilines is 1. The minimum atomic E-state index is -3.56. The van der Waals surface area contributed by atoms with E-state index in [0.717, 1.165) is 10.6 Å². The Labute approximate surface area is 146 Å². The van der Waals surface area contributed by atoms with E-state index in [1.807, 2.05) is 20.8 Å². The van der Waals surface area contributed by atoms with Gasteiger partial charge in [-0.05, 0) is 31.7 Å². The van der Waals surface area contributed by atoms with Gasteiger partial charge >= 0.3 is 0 Å². The van der Waals surface area contributed by atoms with Gasteiger partial charge in [-0.25, -0.2) is 18.1 Å². The Kier molecular flexibility index (Phi) is 5.12. The number of rotatable bonds is 4. The molecule has 24 heavy (non-hydrogen) atoms. The van der Waals surface area contributed by atoms with E-state index in [2.05, 4.69) is 15.0 Å². The Morgan fingerprint density at radius 1 is 1.25 bits per heavy atom. The second-order valence-corrected chi connectivity index (χ2v) is 9.34. The molecule has 0 aliphatic carbocycles. The molecule has 1 amide bonds. The standard InChI is InChI=1S/C16H21N3O3S2/c1-10-6-7-11(24(21,22)17-5)8-12(10)19-14(20)13-9-18-15(23-13)16(2,3)4/h6-9,17H,1-5H3,(H,19,20). The number of sulfonamides is 1. The Morgan fingerprint density at radius 3 is 2.46 bits per heavy atom. The van der Waals surface area contributed by atoms with E-state index in [0.29, 0.717) is 10.6 Å². The monoisotopic (exact) mass is 367 g/mol. The molecule has 0 atom stereocenters. The van der Waals surface area contributed by atoms with Gasteiger partial charge < -0.3 is 5.32 Å². The number of hydrogen-bond acceptors (Lipinski definition) is 5. The number of amides is 1. The average molecular weight is 367 g/mol. The number of nitrogens with zero attached hydrogens (tertiary/aromatic N) is 1. The lowest BCUT2D eigenvalue weighted by molar-refractivity contribution is 0.103. The highest BCUT2D eigenvalue weighted by atomic mass is 32.2. The first-order valence-electron chi connectivity index (χ1n) is 7.36. The average Bonchev–Trinajstić information content (AvgIpc) is 2.99. The molecule has 0 saturated heterocycles. The van der Waals surface area contributed by atoms with Crippen LogP contribution in [-0.2, 0) is 15.4 Å². The number of hydrogen-bond donors (Lipinski definition) is 2. The molecule has 0 spiro atoms. The van der Waals surface area contributed by atoms with Crippen molar-refractivity contribution in [2.75, 3.05) is 12.4 Å². The van der Waals surface area contributed by atoms with Gasteiger partial charge in [0, 0.05) is 11.1 Å². The van der Waals surface area contributed by atoms with Crippen LogP contribution in [0.3, 0.4) is 0 Å². The summed E-state index contributed by atoms with van der Waals surface area (Å²) in [4.78, 5) is 17.3. The zero-order valence-electron chi connectivity index (χ0n) is 14.3. The Bertz CT molecular complexity index is 865. The maximum absolute atomic E-state index is 12.4. The third-order valence-corrected chi connectivity index (χ3v) is 6.24. The predicted octanol–water partition coefficient (Wildman–Crippen LogP) is 2.91. The lowest BCUT2D eigenvalue weighted by Crippen LogP contribution is -2.19. The summed E-state index contributed by atoms with van der Waals surface area (Å²) in [6.07, 6.45) is 1.55. The van der Waals surface area contributed by atoms with Gasteiger partial charge in [0.15, 0.2) is 0 Å². The smallest absolute Gasteiger partial charge is 0.267 e. The Morgan fingerprint density at radius 2 is 1.92 bits per heavy atom. The van der Waals surface area contributed by atoms with Gasteiger partial charge in [0.2, 0.25) is 10.0 Å². The van der Waals surface area contributed by atoms with Crippen LogP contribution in [0.25, 0.3) is 0 Å². The highest BCUT2D eigenvalue weighted by molar-refractivity contribution is 7.89. The molecule has 130 valence electrons. The molecule has 8 heteroatoms. The van der Waals surface area contributed by atoms with E-state index < -0.39 is 10.0 Å². The minimum absolute atomic E-state index is 0.102. The van der Waals surface area contributed by atoms with E-state index in [-0.39, 0.29) is 16.2 Å². The van der Waals surface area contributed by atoms with Gasteiger partial charge in [-0.1, -0.05) is 26.8 Å². The summed E-state index contributed by atoms with van der Waals surface area (Å²) >= 11 is 1.33. The largest absolute Gasteiger partial charge is 0.321 e. The molecule has 0 fully saturated rings. The van der Waals surface area contributed by atoms with Crippen LogP contribution < -0.4 is 10.0 Å². The first-order valence-corrected chi connectivity index (χ1v) is 9.66. The fraction of sp³-hybridized carbons (Fsp3) is 0.375. The first kappa shape index (κ1) is 18.6. The molecule has 6 nitrogen and oxygen atoms in total. The van der Waals surface area contributed by atoms with Crippen molar-refractivity contribution < 1.29 is 13.2 Å². The molecule has 2 aromatic rings. The van der Waals surface area contributed by atoms with Crippen molar-refractivity contribution in [2.45, 2.75) is 38.0 Å². The maximum atomic E-state index is 12.4. The fourth-order valence-electron chi connectivity index (χ4n) is 1.93.